The van der Waals surface area contributed by atoms with Crippen LogP contribution >= 0.6 is 0 Å². The van der Waals surface area contributed by atoms with Crippen LogP contribution < -0.4 is 0 Å². The van der Waals surface area contributed by atoms with Crippen LogP contribution in [0.1, 0.15) is 26.2 Å². The monoisotopic (exact) mass is 153 g/mol. The molecule has 0 saturated carbocycles. The number of fused-ring (bicyclic) bond motifs is 2. The Morgan fingerprint density at radius 1 is 1.45 bits per heavy atom. The molecule has 3 unspecified atom stereocenters. The highest BCUT2D eigenvalue weighted by Crippen LogP contribution is 2.27. The van der Waals surface area contributed by atoms with Crippen molar-refractivity contribution in [2.75, 3.05) is 13.1 Å². The quantitative estimate of drug-likeness (QED) is 0.518. The van der Waals surface area contributed by atoms with Crippen LogP contribution in [0.4, 0.5) is 0 Å². The Labute approximate surface area is 67.6 Å². The van der Waals surface area contributed by atoms with Crippen molar-refractivity contribution >= 4 is 5.78 Å². The lowest BCUT2D eigenvalue weighted by Gasteiger charge is -2.41. The standard InChI is InChI=1S/C9H15NO/c1-7-2-3-8-6-10(7)5-4-9(8)11/h7-8H,2-6H2,1H3. The molecule has 2 nitrogen and oxygen atoms in total. The van der Waals surface area contributed by atoms with E-state index in [1.807, 2.05) is 0 Å². The number of carbonyl (C=O) groups excluding carboxylic acids is 1. The molecule has 0 radical (unpaired) electrons. The van der Waals surface area contributed by atoms with E-state index in [4.69, 9.17) is 0 Å². The fourth-order valence-corrected chi connectivity index (χ4v) is 2.21. The molecule has 2 heterocycles. The zero-order valence-corrected chi connectivity index (χ0v) is 7.05. The largest absolute Gasteiger partial charge is 0.300 e. The molecular weight excluding hydrogens is 138 g/mol. The highest BCUT2D eigenvalue weighted by atomic mass is 16.1. The lowest BCUT2D eigenvalue weighted by atomic mass is 9.85. The highest BCUT2D eigenvalue weighted by molar-refractivity contribution is 5.82. The minimum Gasteiger partial charge on any atom is -0.300 e. The van der Waals surface area contributed by atoms with E-state index in [-0.39, 0.29) is 0 Å². The summed E-state index contributed by atoms with van der Waals surface area (Å²) in [7, 11) is 0. The van der Waals surface area contributed by atoms with Crippen molar-refractivity contribution in [2.45, 2.75) is 32.2 Å². The predicted octanol–water partition coefficient (Wildman–Crippen LogP) is 1.06. The molecule has 2 fully saturated rings. The normalized spacial score (nSPS) is 44.1. The molecule has 0 aliphatic carbocycles. The summed E-state index contributed by atoms with van der Waals surface area (Å²) < 4.78 is 0. The van der Waals surface area contributed by atoms with Crippen LogP contribution in [-0.4, -0.2) is 29.8 Å². The van der Waals surface area contributed by atoms with Gasteiger partial charge >= 0.3 is 0 Å². The summed E-state index contributed by atoms with van der Waals surface area (Å²) in [6.45, 7) is 4.32. The van der Waals surface area contributed by atoms with Crippen molar-refractivity contribution in [2.24, 2.45) is 5.92 Å². The van der Waals surface area contributed by atoms with Crippen LogP contribution in [0.15, 0.2) is 0 Å². The van der Waals surface area contributed by atoms with Crippen molar-refractivity contribution in [3.63, 3.8) is 0 Å². The molecule has 0 N–H and O–H groups in total. The Morgan fingerprint density at radius 3 is 3.09 bits per heavy atom. The number of piperidine rings is 2. The van der Waals surface area contributed by atoms with Gasteiger partial charge in [-0.2, -0.15) is 0 Å². The van der Waals surface area contributed by atoms with Crippen molar-refractivity contribution in [1.29, 1.82) is 0 Å². The molecule has 0 amide bonds. The van der Waals surface area contributed by atoms with E-state index in [1.165, 1.54) is 6.42 Å². The Bertz CT molecular complexity index is 178. The van der Waals surface area contributed by atoms with E-state index in [0.717, 1.165) is 32.0 Å². The van der Waals surface area contributed by atoms with E-state index >= 15 is 0 Å². The fraction of sp³-hybridized carbons (Fsp3) is 0.889. The van der Waals surface area contributed by atoms with Crippen LogP contribution in [-0.2, 0) is 4.79 Å². The van der Waals surface area contributed by atoms with Gasteiger partial charge < -0.3 is 0 Å². The van der Waals surface area contributed by atoms with Gasteiger partial charge in [0.25, 0.3) is 0 Å². The summed E-state index contributed by atoms with van der Waals surface area (Å²) in [6, 6.07) is 0.722. The smallest absolute Gasteiger partial charge is 0.138 e. The highest BCUT2D eigenvalue weighted by Gasteiger charge is 2.33. The third-order valence-electron chi connectivity index (χ3n) is 3.11. The van der Waals surface area contributed by atoms with Gasteiger partial charge in [0, 0.05) is 31.5 Å². The van der Waals surface area contributed by atoms with Gasteiger partial charge in [-0.05, 0) is 19.8 Å². The summed E-state index contributed by atoms with van der Waals surface area (Å²) in [5.74, 6) is 0.896. The minimum atomic E-state index is 0.389. The number of hydrogen-bond acceptors (Lipinski definition) is 2. The molecule has 0 aromatic heterocycles. The van der Waals surface area contributed by atoms with E-state index in [2.05, 4.69) is 11.8 Å². The third kappa shape index (κ3) is 1.20. The van der Waals surface area contributed by atoms with Gasteiger partial charge in [-0.1, -0.05) is 0 Å². The Kier molecular flexibility index (Phi) is 1.72. The Hall–Kier alpha value is -0.370. The number of Topliss-reactive ketones (excluding diaryl/α,β-unsaturated/α-hetero) is 1. The number of carbonyl (C=O) groups is 1. The molecule has 3 atom stereocenters. The summed E-state index contributed by atoms with van der Waals surface area (Å²) >= 11 is 0. The summed E-state index contributed by atoms with van der Waals surface area (Å²) in [4.78, 5) is 13.7. The lowest BCUT2D eigenvalue weighted by molar-refractivity contribution is -0.129. The Morgan fingerprint density at radius 2 is 2.27 bits per heavy atom. The zero-order valence-electron chi connectivity index (χ0n) is 7.05. The first-order valence-corrected chi connectivity index (χ1v) is 4.54. The SMILES string of the molecule is CC1CCC2CN1CCC2=O. The second kappa shape index (κ2) is 2.59. The third-order valence-corrected chi connectivity index (χ3v) is 3.11. The molecular formula is C9H15NO. The maximum atomic E-state index is 11.3. The van der Waals surface area contributed by atoms with E-state index in [9.17, 15) is 4.79 Å². The molecule has 62 valence electrons. The Balaban J connectivity index is 2.08. The molecule has 0 aromatic carbocycles. The van der Waals surface area contributed by atoms with Gasteiger partial charge in [0.1, 0.15) is 5.78 Å². The van der Waals surface area contributed by atoms with E-state index in [0.29, 0.717) is 11.7 Å². The van der Waals surface area contributed by atoms with Crippen LogP contribution in [0.3, 0.4) is 0 Å². The summed E-state index contributed by atoms with van der Waals surface area (Å²) in [6.07, 6.45) is 3.15. The maximum Gasteiger partial charge on any atom is 0.138 e. The second-order valence-corrected chi connectivity index (χ2v) is 3.83. The van der Waals surface area contributed by atoms with Crippen molar-refractivity contribution in [1.82, 2.24) is 4.90 Å². The van der Waals surface area contributed by atoms with Crippen molar-refractivity contribution in [3.05, 3.63) is 0 Å². The van der Waals surface area contributed by atoms with Crippen molar-refractivity contribution < 1.29 is 4.79 Å². The minimum absolute atomic E-state index is 0.389. The van der Waals surface area contributed by atoms with Gasteiger partial charge in [0.2, 0.25) is 0 Å². The number of ketones is 1. The van der Waals surface area contributed by atoms with Crippen LogP contribution in [0.25, 0.3) is 0 Å². The van der Waals surface area contributed by atoms with Gasteiger partial charge in [-0.3, -0.25) is 9.69 Å². The predicted molar refractivity (Wildman–Crippen MR) is 43.4 cm³/mol. The molecule has 2 bridgehead atoms. The fourth-order valence-electron chi connectivity index (χ4n) is 2.21. The summed E-state index contributed by atoms with van der Waals surface area (Å²) in [5, 5.41) is 0. The lowest BCUT2D eigenvalue weighted by Crippen LogP contribution is -2.49. The van der Waals surface area contributed by atoms with Gasteiger partial charge in [-0.15, -0.1) is 0 Å². The van der Waals surface area contributed by atoms with Gasteiger partial charge in [-0.25, -0.2) is 0 Å². The second-order valence-electron chi connectivity index (χ2n) is 3.83. The van der Waals surface area contributed by atoms with Gasteiger partial charge in [0.05, 0.1) is 0 Å². The average molecular weight is 153 g/mol. The number of nitrogens with zero attached hydrogens (tertiary/aromatic N) is 1. The first-order chi connectivity index (χ1) is 5.27. The van der Waals surface area contributed by atoms with Crippen LogP contribution in [0.5, 0.6) is 0 Å². The van der Waals surface area contributed by atoms with E-state index in [1.54, 1.807) is 0 Å². The average Bonchev–Trinajstić information content (AvgIpc) is 2.02. The first-order valence-electron chi connectivity index (χ1n) is 4.54. The molecule has 0 spiro atoms. The number of rotatable bonds is 0. The molecule has 2 heteroatoms. The molecule has 2 saturated heterocycles. The first kappa shape index (κ1) is 7.29. The molecule has 2 aliphatic rings. The van der Waals surface area contributed by atoms with Crippen LogP contribution in [0, 0.1) is 5.92 Å². The van der Waals surface area contributed by atoms with Crippen molar-refractivity contribution in [3.8, 4) is 0 Å². The topological polar surface area (TPSA) is 20.3 Å². The molecule has 0 aromatic rings. The molecule has 2 aliphatic heterocycles. The molecule has 2 rings (SSSR count). The van der Waals surface area contributed by atoms with Crippen LogP contribution in [0.2, 0.25) is 0 Å². The zero-order chi connectivity index (χ0) is 7.84. The van der Waals surface area contributed by atoms with Gasteiger partial charge in [0.15, 0.2) is 0 Å². The summed E-state index contributed by atoms with van der Waals surface area (Å²) in [5.41, 5.74) is 0. The van der Waals surface area contributed by atoms with E-state index < -0.39 is 0 Å². The molecule has 11 heavy (non-hydrogen) atoms. The number of hydrogen-bond donors (Lipinski definition) is 0. The maximum absolute atomic E-state index is 11.3.